The summed E-state index contributed by atoms with van der Waals surface area (Å²) in [6.45, 7) is 3.23. The summed E-state index contributed by atoms with van der Waals surface area (Å²) in [5.41, 5.74) is 0. The highest BCUT2D eigenvalue weighted by molar-refractivity contribution is 5.31. The Bertz CT molecular complexity index is 300. The van der Waals surface area contributed by atoms with E-state index in [2.05, 4.69) is 11.9 Å². The maximum Gasteiger partial charge on any atom is 0.119 e. The summed E-state index contributed by atoms with van der Waals surface area (Å²) in [5.74, 6) is 1.71. The lowest BCUT2D eigenvalue weighted by Gasteiger charge is -2.16. The molecule has 0 saturated carbocycles. The van der Waals surface area contributed by atoms with Crippen molar-refractivity contribution in [3.8, 4) is 11.5 Å². The van der Waals surface area contributed by atoms with E-state index in [1.54, 1.807) is 14.2 Å². The summed E-state index contributed by atoms with van der Waals surface area (Å²) in [4.78, 5) is 2.17. The molecule has 4 nitrogen and oxygen atoms in total. The van der Waals surface area contributed by atoms with Crippen molar-refractivity contribution in [2.24, 2.45) is 0 Å². The molecule has 0 aromatic heterocycles. The maximum absolute atomic E-state index is 5.62. The second-order valence-electron chi connectivity index (χ2n) is 3.82. The van der Waals surface area contributed by atoms with Gasteiger partial charge >= 0.3 is 0 Å². The zero-order valence-electron chi connectivity index (χ0n) is 10.8. The Morgan fingerprint density at radius 2 is 1.53 bits per heavy atom. The molecule has 4 heteroatoms. The molecule has 0 spiro atoms. The summed E-state index contributed by atoms with van der Waals surface area (Å²) < 4.78 is 15.7. The van der Waals surface area contributed by atoms with Crippen molar-refractivity contribution in [3.05, 3.63) is 24.3 Å². The van der Waals surface area contributed by atoms with Gasteiger partial charge in [-0.25, -0.2) is 0 Å². The van der Waals surface area contributed by atoms with E-state index in [-0.39, 0.29) is 0 Å². The molecule has 0 aliphatic rings. The van der Waals surface area contributed by atoms with E-state index in [9.17, 15) is 0 Å². The molecule has 1 aromatic rings. The van der Waals surface area contributed by atoms with Gasteiger partial charge in [0.1, 0.15) is 18.1 Å². The quantitative estimate of drug-likeness (QED) is 0.690. The minimum Gasteiger partial charge on any atom is -0.497 e. The lowest BCUT2D eigenvalue weighted by molar-refractivity contribution is 0.150. The third-order valence-electron chi connectivity index (χ3n) is 2.48. The van der Waals surface area contributed by atoms with Gasteiger partial charge in [0.2, 0.25) is 0 Å². The maximum atomic E-state index is 5.62. The molecule has 1 rings (SSSR count). The molecule has 0 amide bonds. The van der Waals surface area contributed by atoms with Crippen LogP contribution in [0.25, 0.3) is 0 Å². The number of rotatable bonds is 8. The van der Waals surface area contributed by atoms with Gasteiger partial charge in [0.15, 0.2) is 0 Å². The van der Waals surface area contributed by atoms with E-state index in [4.69, 9.17) is 14.2 Å². The normalized spacial score (nSPS) is 10.6. The van der Waals surface area contributed by atoms with Crippen molar-refractivity contribution in [3.63, 3.8) is 0 Å². The highest BCUT2D eigenvalue weighted by Crippen LogP contribution is 2.16. The second-order valence-corrected chi connectivity index (χ2v) is 3.82. The minimum atomic E-state index is 0.673. The highest BCUT2D eigenvalue weighted by atomic mass is 16.5. The van der Waals surface area contributed by atoms with Crippen molar-refractivity contribution in [1.82, 2.24) is 4.90 Å². The Hall–Kier alpha value is -1.26. The number of ether oxygens (including phenoxy) is 3. The molecule has 0 N–H and O–H groups in total. The van der Waals surface area contributed by atoms with Gasteiger partial charge in [-0.2, -0.15) is 0 Å². The predicted molar refractivity (Wildman–Crippen MR) is 67.9 cm³/mol. The van der Waals surface area contributed by atoms with Gasteiger partial charge in [-0.1, -0.05) is 0 Å². The predicted octanol–water partition coefficient (Wildman–Crippen LogP) is 1.65. The number of hydrogen-bond acceptors (Lipinski definition) is 4. The minimum absolute atomic E-state index is 0.673. The number of methoxy groups -OCH3 is 2. The molecule has 0 aliphatic heterocycles. The van der Waals surface area contributed by atoms with Crippen LogP contribution in [0, 0.1) is 0 Å². The standard InChI is InChI=1S/C13H21NO3/c1-14(8-10-15-2)9-11-17-13-6-4-12(16-3)5-7-13/h4-7H,8-11H2,1-3H3. The second kappa shape index (κ2) is 7.92. The van der Waals surface area contributed by atoms with Gasteiger partial charge in [0.25, 0.3) is 0 Å². The van der Waals surface area contributed by atoms with Crippen LogP contribution in [0.1, 0.15) is 0 Å². The first-order chi connectivity index (χ1) is 8.26. The van der Waals surface area contributed by atoms with E-state index in [1.807, 2.05) is 24.3 Å². The van der Waals surface area contributed by atoms with Gasteiger partial charge in [-0.3, -0.25) is 0 Å². The monoisotopic (exact) mass is 239 g/mol. The Balaban J connectivity index is 2.21. The molecule has 0 atom stereocenters. The molecular formula is C13H21NO3. The van der Waals surface area contributed by atoms with Crippen molar-refractivity contribution in [2.45, 2.75) is 0 Å². The van der Waals surface area contributed by atoms with E-state index in [1.165, 1.54) is 0 Å². The van der Waals surface area contributed by atoms with E-state index < -0.39 is 0 Å². The smallest absolute Gasteiger partial charge is 0.119 e. The van der Waals surface area contributed by atoms with Crippen molar-refractivity contribution >= 4 is 0 Å². The van der Waals surface area contributed by atoms with Crippen LogP contribution in [-0.2, 0) is 4.74 Å². The van der Waals surface area contributed by atoms with Gasteiger partial charge in [0.05, 0.1) is 13.7 Å². The van der Waals surface area contributed by atoms with Crippen LogP contribution in [0.4, 0.5) is 0 Å². The molecule has 0 fully saturated rings. The Kier molecular flexibility index (Phi) is 6.43. The average Bonchev–Trinajstić information content (AvgIpc) is 2.37. The number of hydrogen-bond donors (Lipinski definition) is 0. The van der Waals surface area contributed by atoms with Gasteiger partial charge in [-0.05, 0) is 31.3 Å². The number of likely N-dealkylation sites (N-methyl/N-ethyl adjacent to an activating group) is 1. The molecule has 1 aromatic carbocycles. The summed E-state index contributed by atoms with van der Waals surface area (Å²) in [6, 6.07) is 7.61. The molecule has 0 unspecified atom stereocenters. The summed E-state index contributed by atoms with van der Waals surface area (Å²) >= 11 is 0. The lowest BCUT2D eigenvalue weighted by Crippen LogP contribution is -2.27. The van der Waals surface area contributed by atoms with Gasteiger partial charge in [0, 0.05) is 20.2 Å². The Morgan fingerprint density at radius 1 is 0.941 bits per heavy atom. The fraction of sp³-hybridized carbons (Fsp3) is 0.538. The van der Waals surface area contributed by atoms with Crippen molar-refractivity contribution in [1.29, 1.82) is 0 Å². The zero-order chi connectivity index (χ0) is 12.5. The SMILES string of the molecule is COCCN(C)CCOc1ccc(OC)cc1. The van der Waals surface area contributed by atoms with Crippen LogP contribution >= 0.6 is 0 Å². The fourth-order valence-electron chi connectivity index (χ4n) is 1.35. The molecule has 96 valence electrons. The molecule has 0 radical (unpaired) electrons. The first-order valence-electron chi connectivity index (χ1n) is 5.70. The summed E-state index contributed by atoms with van der Waals surface area (Å²) in [5, 5.41) is 0. The van der Waals surface area contributed by atoms with Crippen LogP contribution in [0.5, 0.6) is 11.5 Å². The van der Waals surface area contributed by atoms with E-state index >= 15 is 0 Å². The molecule has 0 bridgehead atoms. The lowest BCUT2D eigenvalue weighted by atomic mass is 10.3. The first-order valence-corrected chi connectivity index (χ1v) is 5.70. The van der Waals surface area contributed by atoms with E-state index in [0.717, 1.165) is 31.2 Å². The fourth-order valence-corrected chi connectivity index (χ4v) is 1.35. The third-order valence-corrected chi connectivity index (χ3v) is 2.48. The first kappa shape index (κ1) is 13.8. The molecule has 17 heavy (non-hydrogen) atoms. The largest absolute Gasteiger partial charge is 0.497 e. The number of benzene rings is 1. The van der Waals surface area contributed by atoms with Crippen LogP contribution in [0.15, 0.2) is 24.3 Å². The van der Waals surface area contributed by atoms with Gasteiger partial charge < -0.3 is 19.1 Å². The van der Waals surface area contributed by atoms with Crippen LogP contribution in [-0.4, -0.2) is 52.5 Å². The van der Waals surface area contributed by atoms with Crippen molar-refractivity contribution in [2.75, 3.05) is 47.6 Å². The van der Waals surface area contributed by atoms with Gasteiger partial charge in [-0.15, -0.1) is 0 Å². The van der Waals surface area contributed by atoms with Crippen LogP contribution in [0.2, 0.25) is 0 Å². The molecule has 0 heterocycles. The third kappa shape index (κ3) is 5.56. The van der Waals surface area contributed by atoms with Crippen LogP contribution < -0.4 is 9.47 Å². The zero-order valence-corrected chi connectivity index (χ0v) is 10.8. The summed E-state index contributed by atoms with van der Waals surface area (Å²) in [7, 11) is 5.42. The van der Waals surface area contributed by atoms with Crippen molar-refractivity contribution < 1.29 is 14.2 Å². The summed E-state index contributed by atoms with van der Waals surface area (Å²) in [6.07, 6.45) is 0. The highest BCUT2D eigenvalue weighted by Gasteiger charge is 1.99. The average molecular weight is 239 g/mol. The molecule has 0 saturated heterocycles. The van der Waals surface area contributed by atoms with E-state index in [0.29, 0.717) is 6.61 Å². The van der Waals surface area contributed by atoms with Crippen LogP contribution in [0.3, 0.4) is 0 Å². The Morgan fingerprint density at radius 3 is 2.12 bits per heavy atom. The molecular weight excluding hydrogens is 218 g/mol. The number of nitrogens with zero attached hydrogens (tertiary/aromatic N) is 1. The topological polar surface area (TPSA) is 30.9 Å². The molecule has 0 aliphatic carbocycles. The Labute approximate surface area is 103 Å².